The molecule has 0 spiro atoms. The van der Waals surface area contributed by atoms with Crippen molar-refractivity contribution in [2.45, 2.75) is 6.92 Å². The van der Waals surface area contributed by atoms with Crippen molar-refractivity contribution in [3.8, 4) is 0 Å². The second kappa shape index (κ2) is 4.11. The van der Waals surface area contributed by atoms with Gasteiger partial charge in [-0.1, -0.05) is 0 Å². The fourth-order valence-corrected chi connectivity index (χ4v) is 0.170. The molecule has 0 heterocycles. The number of nitrogens with zero attached hydrogens (tertiary/aromatic N) is 3. The molecule has 0 unspecified atom stereocenters. The lowest BCUT2D eigenvalue weighted by Gasteiger charge is -1.80. The quantitative estimate of drug-likeness (QED) is 0.300. The summed E-state index contributed by atoms with van der Waals surface area (Å²) in [7, 11) is 1.64. The van der Waals surface area contributed by atoms with Gasteiger partial charge >= 0.3 is 0 Å². The number of hydrogen-bond acceptors (Lipinski definition) is 2. The van der Waals surface area contributed by atoms with Crippen LogP contribution in [0.25, 0.3) is 0 Å². The van der Waals surface area contributed by atoms with Crippen molar-refractivity contribution in [1.29, 1.82) is 5.53 Å². The minimum atomic E-state index is 0.626. The zero-order valence-electron chi connectivity index (χ0n) is 4.92. The van der Waals surface area contributed by atoms with Crippen LogP contribution < -0.4 is 0 Å². The molecule has 0 atom stereocenters. The standard InChI is InChI=1S/C4H8N4/c1-4(6-2)7-3-8-5/h3,5H,1-2H3. The van der Waals surface area contributed by atoms with E-state index in [-0.39, 0.29) is 0 Å². The molecular weight excluding hydrogens is 104 g/mol. The molecule has 0 aliphatic carbocycles. The molecule has 0 saturated heterocycles. The second-order valence-electron chi connectivity index (χ2n) is 1.14. The van der Waals surface area contributed by atoms with Gasteiger partial charge in [0.25, 0.3) is 0 Å². The lowest BCUT2D eigenvalue weighted by Crippen LogP contribution is -1.82. The van der Waals surface area contributed by atoms with Gasteiger partial charge in [-0.3, -0.25) is 4.99 Å². The van der Waals surface area contributed by atoms with Crippen LogP contribution in [0.2, 0.25) is 0 Å². The van der Waals surface area contributed by atoms with Gasteiger partial charge in [-0.25, -0.2) is 10.5 Å². The van der Waals surface area contributed by atoms with Gasteiger partial charge in [0.1, 0.15) is 12.2 Å². The Bertz CT molecular complexity index is 124. The Morgan fingerprint density at radius 2 is 2.25 bits per heavy atom. The monoisotopic (exact) mass is 112 g/mol. The van der Waals surface area contributed by atoms with Crippen molar-refractivity contribution in [3.05, 3.63) is 0 Å². The highest BCUT2D eigenvalue weighted by Gasteiger charge is 1.74. The molecule has 0 aromatic carbocycles. The highest BCUT2D eigenvalue weighted by atomic mass is 15.0. The Kier molecular flexibility index (Phi) is 3.56. The Labute approximate surface area is 47.9 Å². The average molecular weight is 112 g/mol. The topological polar surface area (TPSA) is 60.9 Å². The van der Waals surface area contributed by atoms with Gasteiger partial charge in [0.2, 0.25) is 0 Å². The minimum Gasteiger partial charge on any atom is -0.274 e. The van der Waals surface area contributed by atoms with E-state index in [4.69, 9.17) is 5.53 Å². The van der Waals surface area contributed by atoms with Crippen LogP contribution in [0.4, 0.5) is 0 Å². The van der Waals surface area contributed by atoms with Crippen LogP contribution in [0, 0.1) is 5.53 Å². The molecule has 8 heavy (non-hydrogen) atoms. The van der Waals surface area contributed by atoms with Crippen molar-refractivity contribution >= 4 is 12.2 Å². The smallest absolute Gasteiger partial charge is 0.139 e. The molecule has 0 aromatic rings. The summed E-state index contributed by atoms with van der Waals surface area (Å²) in [4.78, 5) is 7.33. The molecule has 4 heteroatoms. The lowest BCUT2D eigenvalue weighted by molar-refractivity contribution is 1.20. The van der Waals surface area contributed by atoms with Gasteiger partial charge in [0.15, 0.2) is 0 Å². The van der Waals surface area contributed by atoms with Crippen LogP contribution in [0.3, 0.4) is 0 Å². The molecule has 0 bridgehead atoms. The van der Waals surface area contributed by atoms with Gasteiger partial charge in [0, 0.05) is 7.05 Å². The van der Waals surface area contributed by atoms with Crippen LogP contribution in [0.5, 0.6) is 0 Å². The van der Waals surface area contributed by atoms with Crippen LogP contribution in [0.15, 0.2) is 15.1 Å². The Morgan fingerprint density at radius 3 is 2.62 bits per heavy atom. The molecule has 4 nitrogen and oxygen atoms in total. The van der Waals surface area contributed by atoms with Crippen LogP contribution in [-0.2, 0) is 0 Å². The Morgan fingerprint density at radius 1 is 1.62 bits per heavy atom. The van der Waals surface area contributed by atoms with E-state index in [2.05, 4.69) is 15.1 Å². The highest BCUT2D eigenvalue weighted by Crippen LogP contribution is 1.73. The first-order valence-electron chi connectivity index (χ1n) is 2.13. The fourth-order valence-electron chi connectivity index (χ4n) is 0.170. The number of nitrogens with one attached hydrogen (secondary N) is 1. The number of hydrogen-bond donors (Lipinski definition) is 1. The summed E-state index contributed by atoms with van der Waals surface area (Å²) in [6.07, 6.45) is 1.14. The maximum atomic E-state index is 6.29. The third-order valence-electron chi connectivity index (χ3n) is 0.626. The number of amidine groups is 1. The van der Waals surface area contributed by atoms with Crippen molar-refractivity contribution in [2.24, 2.45) is 15.1 Å². The predicted octanol–water partition coefficient (Wildman–Crippen LogP) is 1.09. The van der Waals surface area contributed by atoms with Gasteiger partial charge in [-0.15, -0.1) is 5.11 Å². The minimum absolute atomic E-state index is 0.626. The second-order valence-corrected chi connectivity index (χ2v) is 1.14. The van der Waals surface area contributed by atoms with Gasteiger partial charge in [0.05, 0.1) is 0 Å². The number of aliphatic imine (C=N–C) groups is 2. The molecule has 0 aliphatic rings. The molecule has 1 N–H and O–H groups in total. The average Bonchev–Trinajstić information content (AvgIpc) is 1.83. The van der Waals surface area contributed by atoms with Gasteiger partial charge < -0.3 is 0 Å². The Hall–Kier alpha value is -1.06. The molecule has 44 valence electrons. The van der Waals surface area contributed by atoms with Gasteiger partial charge in [-0.05, 0) is 6.92 Å². The third kappa shape index (κ3) is 3.14. The normalized spacial score (nSPS) is 12.5. The molecule has 0 aliphatic heterocycles. The molecular formula is C4H8N4. The predicted molar refractivity (Wildman–Crippen MR) is 32.7 cm³/mol. The molecule has 0 amide bonds. The largest absolute Gasteiger partial charge is 0.274 e. The summed E-state index contributed by atoms with van der Waals surface area (Å²) in [5, 5.41) is 2.90. The number of rotatable bonds is 1. The first-order valence-corrected chi connectivity index (χ1v) is 2.13. The summed E-state index contributed by atoms with van der Waals surface area (Å²) < 4.78 is 0. The van der Waals surface area contributed by atoms with Crippen molar-refractivity contribution in [1.82, 2.24) is 0 Å². The van der Waals surface area contributed by atoms with E-state index in [1.165, 1.54) is 0 Å². The maximum absolute atomic E-state index is 6.29. The molecule has 0 aromatic heterocycles. The third-order valence-corrected chi connectivity index (χ3v) is 0.626. The van der Waals surface area contributed by atoms with Crippen LogP contribution in [0.1, 0.15) is 6.92 Å². The molecule has 0 fully saturated rings. The SMILES string of the molecule is CN=C(C)N=CN=N. The van der Waals surface area contributed by atoms with Crippen LogP contribution in [-0.4, -0.2) is 19.2 Å². The summed E-state index contributed by atoms with van der Waals surface area (Å²) in [5.41, 5.74) is 6.29. The fraction of sp³-hybridized carbons (Fsp3) is 0.500. The summed E-state index contributed by atoms with van der Waals surface area (Å²) in [5.74, 6) is 0.626. The van der Waals surface area contributed by atoms with Crippen molar-refractivity contribution < 1.29 is 0 Å². The summed E-state index contributed by atoms with van der Waals surface area (Å²) in [6.45, 7) is 1.74. The molecule has 0 rings (SSSR count). The van der Waals surface area contributed by atoms with Crippen molar-refractivity contribution in [3.63, 3.8) is 0 Å². The van der Waals surface area contributed by atoms with E-state index in [0.29, 0.717) is 5.84 Å². The van der Waals surface area contributed by atoms with E-state index in [1.54, 1.807) is 14.0 Å². The van der Waals surface area contributed by atoms with E-state index >= 15 is 0 Å². The maximum Gasteiger partial charge on any atom is 0.139 e. The first kappa shape index (κ1) is 6.94. The van der Waals surface area contributed by atoms with E-state index < -0.39 is 0 Å². The summed E-state index contributed by atoms with van der Waals surface area (Å²) >= 11 is 0. The first-order chi connectivity index (χ1) is 3.81. The zero-order chi connectivity index (χ0) is 6.41. The zero-order valence-corrected chi connectivity index (χ0v) is 4.92. The molecule has 0 radical (unpaired) electrons. The summed E-state index contributed by atoms with van der Waals surface area (Å²) in [6, 6.07) is 0. The van der Waals surface area contributed by atoms with E-state index in [0.717, 1.165) is 6.34 Å². The van der Waals surface area contributed by atoms with E-state index in [1.807, 2.05) is 0 Å². The van der Waals surface area contributed by atoms with Gasteiger partial charge in [-0.2, -0.15) is 0 Å². The lowest BCUT2D eigenvalue weighted by atomic mass is 10.7. The highest BCUT2D eigenvalue weighted by molar-refractivity contribution is 5.86. The van der Waals surface area contributed by atoms with Crippen LogP contribution >= 0.6 is 0 Å². The molecule has 0 saturated carbocycles. The Balaban J connectivity index is 3.69. The van der Waals surface area contributed by atoms with E-state index in [9.17, 15) is 0 Å². The van der Waals surface area contributed by atoms with Crippen molar-refractivity contribution in [2.75, 3.05) is 7.05 Å².